The molecule has 1 unspecified atom stereocenters. The minimum absolute atomic E-state index is 0.663. The smallest absolute Gasteiger partial charge is 0.0130 e. The van der Waals surface area contributed by atoms with Crippen molar-refractivity contribution in [3.63, 3.8) is 0 Å². The minimum Gasteiger partial charge on any atom is -0.0988 e. The summed E-state index contributed by atoms with van der Waals surface area (Å²) in [7, 11) is 0. The van der Waals surface area contributed by atoms with Crippen molar-refractivity contribution in [2.45, 2.75) is 26.2 Å². The van der Waals surface area contributed by atoms with Crippen LogP contribution >= 0.6 is 0 Å². The Hall–Kier alpha value is -0.780. The molecule has 0 nitrogen and oxygen atoms in total. The van der Waals surface area contributed by atoms with Crippen LogP contribution in [-0.2, 0) is 0 Å². The average Bonchev–Trinajstić information content (AvgIpc) is 2.05. The first-order valence-corrected chi connectivity index (χ1v) is 4.21. The molecule has 11 heavy (non-hydrogen) atoms. The Morgan fingerprint density at radius 1 is 1.73 bits per heavy atom. The lowest BCUT2D eigenvalue weighted by Crippen LogP contribution is -2.05. The molecule has 1 atom stereocenters. The third-order valence-electron chi connectivity index (χ3n) is 2.42. The Bertz CT molecular complexity index is 196. The summed E-state index contributed by atoms with van der Waals surface area (Å²) in [6, 6.07) is 0. The van der Waals surface area contributed by atoms with E-state index in [0.29, 0.717) is 5.92 Å². The second-order valence-electron chi connectivity index (χ2n) is 3.30. The van der Waals surface area contributed by atoms with Crippen LogP contribution in [0.4, 0.5) is 0 Å². The molecule has 1 aliphatic carbocycles. The van der Waals surface area contributed by atoms with Crippen LogP contribution in [0.5, 0.6) is 0 Å². The van der Waals surface area contributed by atoms with Crippen molar-refractivity contribution in [3.05, 3.63) is 36.5 Å². The van der Waals surface area contributed by atoms with E-state index in [0.717, 1.165) is 6.42 Å². The maximum Gasteiger partial charge on any atom is -0.0130 e. The lowest BCUT2D eigenvalue weighted by molar-refractivity contribution is 0.550. The van der Waals surface area contributed by atoms with Gasteiger partial charge in [0.05, 0.1) is 0 Å². The summed E-state index contributed by atoms with van der Waals surface area (Å²) < 4.78 is 0. The van der Waals surface area contributed by atoms with Gasteiger partial charge in [0.1, 0.15) is 0 Å². The molecule has 0 spiro atoms. The second-order valence-corrected chi connectivity index (χ2v) is 3.30. The molecule has 1 rings (SSSR count). The molecule has 0 amide bonds. The molecular weight excluding hydrogens is 132 g/mol. The average molecular weight is 148 g/mol. The molecule has 0 aromatic carbocycles. The summed E-state index contributed by atoms with van der Waals surface area (Å²) >= 11 is 0. The van der Waals surface area contributed by atoms with Gasteiger partial charge in [0.25, 0.3) is 0 Å². The van der Waals surface area contributed by atoms with E-state index in [1.807, 2.05) is 6.08 Å². The van der Waals surface area contributed by atoms with Gasteiger partial charge >= 0.3 is 0 Å². The summed E-state index contributed by atoms with van der Waals surface area (Å²) in [5.41, 5.74) is 2.73. The number of hydrogen-bond acceptors (Lipinski definition) is 0. The van der Waals surface area contributed by atoms with E-state index in [4.69, 9.17) is 0 Å². The van der Waals surface area contributed by atoms with Crippen LogP contribution in [0.15, 0.2) is 36.5 Å². The largest absolute Gasteiger partial charge is 0.0988 e. The van der Waals surface area contributed by atoms with Crippen LogP contribution < -0.4 is 0 Å². The second kappa shape index (κ2) is 3.56. The zero-order valence-electron chi connectivity index (χ0n) is 7.27. The monoisotopic (exact) mass is 148 g/mol. The first-order valence-electron chi connectivity index (χ1n) is 4.21. The first-order chi connectivity index (χ1) is 5.24. The van der Waals surface area contributed by atoms with Gasteiger partial charge in [-0.25, -0.2) is 0 Å². The molecule has 0 heteroatoms. The van der Waals surface area contributed by atoms with Crippen LogP contribution in [0.25, 0.3) is 0 Å². The van der Waals surface area contributed by atoms with Crippen molar-refractivity contribution in [1.29, 1.82) is 0 Å². The Morgan fingerprint density at radius 2 is 2.45 bits per heavy atom. The Balaban J connectivity index is 2.53. The highest BCUT2D eigenvalue weighted by atomic mass is 14.2. The zero-order chi connectivity index (χ0) is 8.27. The van der Waals surface area contributed by atoms with E-state index < -0.39 is 0 Å². The van der Waals surface area contributed by atoms with Gasteiger partial charge in [0.15, 0.2) is 0 Å². The summed E-state index contributed by atoms with van der Waals surface area (Å²) in [5, 5.41) is 0. The fourth-order valence-corrected chi connectivity index (χ4v) is 1.47. The van der Waals surface area contributed by atoms with Crippen molar-refractivity contribution in [1.82, 2.24) is 0 Å². The molecule has 0 N–H and O–H groups in total. The van der Waals surface area contributed by atoms with Gasteiger partial charge in [-0.05, 0) is 32.1 Å². The SMILES string of the molecule is C=CC(=C)C1CC=C(C)CC1. The maximum absolute atomic E-state index is 3.97. The molecule has 0 fully saturated rings. The quantitative estimate of drug-likeness (QED) is 0.415. The molecule has 0 saturated carbocycles. The van der Waals surface area contributed by atoms with Gasteiger partial charge in [-0.15, -0.1) is 0 Å². The van der Waals surface area contributed by atoms with Gasteiger partial charge in [-0.2, -0.15) is 0 Å². The van der Waals surface area contributed by atoms with E-state index in [2.05, 4.69) is 26.2 Å². The molecule has 60 valence electrons. The zero-order valence-corrected chi connectivity index (χ0v) is 7.27. The summed E-state index contributed by atoms with van der Waals surface area (Å²) in [6.45, 7) is 9.91. The van der Waals surface area contributed by atoms with Crippen LogP contribution in [-0.4, -0.2) is 0 Å². The van der Waals surface area contributed by atoms with E-state index in [1.165, 1.54) is 24.0 Å². The van der Waals surface area contributed by atoms with E-state index in [9.17, 15) is 0 Å². The third-order valence-corrected chi connectivity index (χ3v) is 2.42. The van der Waals surface area contributed by atoms with Crippen LogP contribution in [0, 0.1) is 5.92 Å². The normalized spacial score (nSPS) is 24.1. The lowest BCUT2D eigenvalue weighted by atomic mass is 9.85. The van der Waals surface area contributed by atoms with E-state index in [-0.39, 0.29) is 0 Å². The van der Waals surface area contributed by atoms with Crippen molar-refractivity contribution in [3.8, 4) is 0 Å². The number of allylic oxidation sites excluding steroid dienone is 4. The highest BCUT2D eigenvalue weighted by Gasteiger charge is 2.12. The first kappa shape index (κ1) is 8.32. The standard InChI is InChI=1S/C11H16/c1-4-10(3)11-7-5-9(2)6-8-11/h4-5,11H,1,3,6-8H2,2H3. The molecule has 0 radical (unpaired) electrons. The van der Waals surface area contributed by atoms with Gasteiger partial charge in [-0.1, -0.05) is 36.5 Å². The molecule has 0 heterocycles. The maximum atomic E-state index is 3.97. The summed E-state index contributed by atoms with van der Waals surface area (Å²) in [4.78, 5) is 0. The molecule has 0 saturated heterocycles. The van der Waals surface area contributed by atoms with Crippen molar-refractivity contribution in [2.24, 2.45) is 5.92 Å². The molecule has 0 aromatic rings. The Labute approximate surface area is 69.3 Å². The Kier molecular flexibility index (Phi) is 2.70. The van der Waals surface area contributed by atoms with Gasteiger partial charge < -0.3 is 0 Å². The van der Waals surface area contributed by atoms with Crippen molar-refractivity contribution in [2.75, 3.05) is 0 Å². The topological polar surface area (TPSA) is 0 Å². The van der Waals surface area contributed by atoms with Gasteiger partial charge in [0.2, 0.25) is 0 Å². The number of rotatable bonds is 2. The highest BCUT2D eigenvalue weighted by Crippen LogP contribution is 2.28. The predicted octanol–water partition coefficient (Wildman–Crippen LogP) is 3.48. The number of hydrogen-bond donors (Lipinski definition) is 0. The fraction of sp³-hybridized carbons (Fsp3) is 0.455. The Morgan fingerprint density at radius 3 is 2.91 bits per heavy atom. The molecular formula is C11H16. The minimum atomic E-state index is 0.663. The van der Waals surface area contributed by atoms with E-state index >= 15 is 0 Å². The van der Waals surface area contributed by atoms with Gasteiger partial charge in [0, 0.05) is 0 Å². The van der Waals surface area contributed by atoms with E-state index in [1.54, 1.807) is 0 Å². The van der Waals surface area contributed by atoms with Crippen LogP contribution in [0.3, 0.4) is 0 Å². The third kappa shape index (κ3) is 2.07. The summed E-state index contributed by atoms with van der Waals surface area (Å²) in [5.74, 6) is 0.663. The summed E-state index contributed by atoms with van der Waals surface area (Å²) in [6.07, 6.45) is 7.86. The van der Waals surface area contributed by atoms with Gasteiger partial charge in [-0.3, -0.25) is 0 Å². The highest BCUT2D eigenvalue weighted by molar-refractivity contribution is 5.19. The lowest BCUT2D eigenvalue weighted by Gasteiger charge is -2.20. The molecule has 0 aromatic heterocycles. The van der Waals surface area contributed by atoms with Crippen molar-refractivity contribution < 1.29 is 0 Å². The van der Waals surface area contributed by atoms with Crippen molar-refractivity contribution >= 4 is 0 Å². The van der Waals surface area contributed by atoms with Crippen LogP contribution in [0.1, 0.15) is 26.2 Å². The van der Waals surface area contributed by atoms with Crippen LogP contribution in [0.2, 0.25) is 0 Å². The fourth-order valence-electron chi connectivity index (χ4n) is 1.47. The molecule has 0 bridgehead atoms. The predicted molar refractivity (Wildman–Crippen MR) is 50.4 cm³/mol. The molecule has 0 aliphatic heterocycles. The molecule has 1 aliphatic rings.